The normalized spacial score (nSPS) is 16.6. The lowest BCUT2D eigenvalue weighted by Gasteiger charge is -2.27. The molecule has 4 heterocycles. The van der Waals surface area contributed by atoms with Crippen molar-refractivity contribution in [1.29, 1.82) is 0 Å². The summed E-state index contributed by atoms with van der Waals surface area (Å²) < 4.78 is 1.76. The highest BCUT2D eigenvalue weighted by molar-refractivity contribution is 7.13. The van der Waals surface area contributed by atoms with Crippen LogP contribution in [0.3, 0.4) is 0 Å². The zero-order valence-corrected chi connectivity index (χ0v) is 16.0. The maximum atomic E-state index is 13.0. The largest absolute Gasteiger partial charge is 0.333 e. The first-order valence-electron chi connectivity index (χ1n) is 9.19. The Labute approximate surface area is 162 Å². The number of amides is 1. The first-order valence-corrected chi connectivity index (χ1v) is 10.1. The lowest BCUT2D eigenvalue weighted by molar-refractivity contribution is 0.0687. The van der Waals surface area contributed by atoms with Gasteiger partial charge in [-0.25, -0.2) is 9.67 Å². The van der Waals surface area contributed by atoms with E-state index in [1.165, 1.54) is 11.3 Å². The van der Waals surface area contributed by atoms with Crippen molar-refractivity contribution in [2.24, 2.45) is 0 Å². The fourth-order valence-corrected chi connectivity index (χ4v) is 4.08. The highest BCUT2D eigenvalue weighted by Crippen LogP contribution is 2.25. The first-order chi connectivity index (χ1) is 13.3. The van der Waals surface area contributed by atoms with Crippen LogP contribution in [-0.4, -0.2) is 56.2 Å². The number of hydrogen-bond donors (Lipinski definition) is 1. The molecule has 0 bridgehead atoms. The number of rotatable bonds is 6. The molecule has 1 saturated heterocycles. The third-order valence-electron chi connectivity index (χ3n) is 4.66. The number of pyridine rings is 1. The molecular weight excluding hydrogens is 360 g/mol. The summed E-state index contributed by atoms with van der Waals surface area (Å²) >= 11 is 1.47. The van der Waals surface area contributed by atoms with Gasteiger partial charge in [0.25, 0.3) is 5.91 Å². The number of nitrogens with zero attached hydrogens (tertiary/aromatic N) is 5. The first kappa shape index (κ1) is 17.8. The van der Waals surface area contributed by atoms with Gasteiger partial charge in [-0.2, -0.15) is 5.10 Å². The van der Waals surface area contributed by atoms with Crippen LogP contribution in [0, 0.1) is 0 Å². The molecule has 3 aromatic rings. The molecule has 4 rings (SSSR count). The second kappa shape index (κ2) is 7.98. The van der Waals surface area contributed by atoms with Gasteiger partial charge >= 0.3 is 0 Å². The Morgan fingerprint density at radius 2 is 2.37 bits per heavy atom. The van der Waals surface area contributed by atoms with Crippen molar-refractivity contribution in [2.45, 2.75) is 25.8 Å². The van der Waals surface area contributed by atoms with Crippen LogP contribution in [0.15, 0.2) is 42.3 Å². The highest BCUT2D eigenvalue weighted by Gasteiger charge is 2.28. The number of carbonyl (C=O) groups excluding carboxylic acids is 1. The molecule has 0 unspecified atom stereocenters. The van der Waals surface area contributed by atoms with Gasteiger partial charge in [-0.15, -0.1) is 11.3 Å². The van der Waals surface area contributed by atoms with E-state index in [9.17, 15) is 4.79 Å². The van der Waals surface area contributed by atoms with Crippen LogP contribution in [0.4, 0.5) is 0 Å². The molecule has 1 aliphatic rings. The standard InChI is InChI=1S/C19H22N6OS/c1-2-8-24(15-5-7-21-10-15)19(26)17-13-27-18(23-17)14-9-22-25(12-14)16-4-3-6-20-11-16/h3-4,6,9,11-13,15,21H,2,5,7-8,10H2,1H3/t15-/m1/s1. The van der Waals surface area contributed by atoms with Crippen LogP contribution in [0.5, 0.6) is 0 Å². The SMILES string of the molecule is CCCN(C(=O)c1csc(-c2cnn(-c3cccnc3)c2)n1)[C@@H]1CCNC1. The van der Waals surface area contributed by atoms with Crippen molar-refractivity contribution < 1.29 is 4.79 Å². The molecule has 1 N–H and O–H groups in total. The van der Waals surface area contributed by atoms with E-state index in [2.05, 4.69) is 27.3 Å². The van der Waals surface area contributed by atoms with Crippen molar-refractivity contribution in [3.63, 3.8) is 0 Å². The smallest absolute Gasteiger partial charge is 0.273 e. The van der Waals surface area contributed by atoms with Crippen molar-refractivity contribution >= 4 is 17.2 Å². The predicted octanol–water partition coefficient (Wildman–Crippen LogP) is 2.60. The van der Waals surface area contributed by atoms with Crippen LogP contribution in [0.2, 0.25) is 0 Å². The van der Waals surface area contributed by atoms with Gasteiger partial charge in [0, 0.05) is 42.5 Å². The Morgan fingerprint density at radius 1 is 1.44 bits per heavy atom. The van der Waals surface area contributed by atoms with Crippen LogP contribution in [0.25, 0.3) is 16.3 Å². The summed E-state index contributed by atoms with van der Waals surface area (Å²) in [6.45, 7) is 4.69. The summed E-state index contributed by atoms with van der Waals surface area (Å²) in [6, 6.07) is 4.08. The Kier molecular flexibility index (Phi) is 5.26. The minimum absolute atomic E-state index is 0.0210. The van der Waals surface area contributed by atoms with Crippen LogP contribution >= 0.6 is 11.3 Å². The van der Waals surface area contributed by atoms with Gasteiger partial charge in [0.1, 0.15) is 10.7 Å². The van der Waals surface area contributed by atoms with E-state index in [1.807, 2.05) is 28.6 Å². The van der Waals surface area contributed by atoms with Gasteiger partial charge in [0.05, 0.1) is 18.1 Å². The molecule has 0 aliphatic carbocycles. The highest BCUT2D eigenvalue weighted by atomic mass is 32.1. The molecule has 0 saturated carbocycles. The van der Waals surface area contributed by atoms with Crippen molar-refractivity contribution in [3.8, 4) is 16.3 Å². The van der Waals surface area contributed by atoms with Crippen molar-refractivity contribution in [1.82, 2.24) is 30.0 Å². The third kappa shape index (κ3) is 3.77. The molecule has 0 radical (unpaired) electrons. The maximum absolute atomic E-state index is 13.0. The molecule has 7 nitrogen and oxygen atoms in total. The van der Waals surface area contributed by atoms with E-state index in [4.69, 9.17) is 0 Å². The number of thiazole rings is 1. The summed E-state index contributed by atoms with van der Waals surface area (Å²) in [4.78, 5) is 23.7. The van der Waals surface area contributed by atoms with E-state index in [-0.39, 0.29) is 11.9 Å². The lowest BCUT2D eigenvalue weighted by atomic mass is 10.2. The fraction of sp³-hybridized carbons (Fsp3) is 0.368. The molecular formula is C19H22N6OS. The summed E-state index contributed by atoms with van der Waals surface area (Å²) in [5.41, 5.74) is 2.30. The molecule has 1 atom stereocenters. The van der Waals surface area contributed by atoms with E-state index in [0.717, 1.165) is 48.7 Å². The summed E-state index contributed by atoms with van der Waals surface area (Å²) in [6.07, 6.45) is 9.11. The molecule has 140 valence electrons. The van der Waals surface area contributed by atoms with E-state index in [0.29, 0.717) is 5.69 Å². The second-order valence-electron chi connectivity index (χ2n) is 6.57. The monoisotopic (exact) mass is 382 g/mol. The van der Waals surface area contributed by atoms with Gasteiger partial charge in [0.15, 0.2) is 0 Å². The molecule has 3 aromatic heterocycles. The van der Waals surface area contributed by atoms with Crippen LogP contribution in [0.1, 0.15) is 30.3 Å². The average molecular weight is 382 g/mol. The number of aromatic nitrogens is 4. The Balaban J connectivity index is 1.54. The van der Waals surface area contributed by atoms with Gasteiger partial charge in [-0.05, 0) is 31.5 Å². The van der Waals surface area contributed by atoms with Gasteiger partial charge < -0.3 is 10.2 Å². The molecule has 0 spiro atoms. The van der Waals surface area contributed by atoms with Crippen LogP contribution in [-0.2, 0) is 0 Å². The number of carbonyl (C=O) groups is 1. The number of hydrogen-bond acceptors (Lipinski definition) is 6. The molecule has 0 aromatic carbocycles. The molecule has 1 aliphatic heterocycles. The van der Waals surface area contributed by atoms with Crippen molar-refractivity contribution in [3.05, 3.63) is 48.0 Å². The summed E-state index contributed by atoms with van der Waals surface area (Å²) in [5, 5.41) is 10.4. The van der Waals surface area contributed by atoms with E-state index in [1.54, 1.807) is 23.3 Å². The average Bonchev–Trinajstić information content (AvgIpc) is 3.47. The zero-order chi connectivity index (χ0) is 18.6. The Morgan fingerprint density at radius 3 is 3.11 bits per heavy atom. The molecule has 1 fully saturated rings. The topological polar surface area (TPSA) is 75.9 Å². The summed E-state index contributed by atoms with van der Waals surface area (Å²) in [7, 11) is 0. The predicted molar refractivity (Wildman–Crippen MR) is 105 cm³/mol. The van der Waals surface area contributed by atoms with E-state index >= 15 is 0 Å². The Bertz CT molecular complexity index is 900. The van der Waals surface area contributed by atoms with Gasteiger partial charge in [0.2, 0.25) is 0 Å². The summed E-state index contributed by atoms with van der Waals surface area (Å²) in [5.74, 6) is 0.0210. The van der Waals surface area contributed by atoms with Gasteiger partial charge in [-0.3, -0.25) is 9.78 Å². The maximum Gasteiger partial charge on any atom is 0.273 e. The van der Waals surface area contributed by atoms with Crippen LogP contribution < -0.4 is 5.32 Å². The van der Waals surface area contributed by atoms with Crippen molar-refractivity contribution in [2.75, 3.05) is 19.6 Å². The van der Waals surface area contributed by atoms with Gasteiger partial charge in [-0.1, -0.05) is 6.92 Å². The quantitative estimate of drug-likeness (QED) is 0.709. The molecule has 1 amide bonds. The third-order valence-corrected chi connectivity index (χ3v) is 5.56. The fourth-order valence-electron chi connectivity index (χ4n) is 3.31. The minimum atomic E-state index is 0.0210. The minimum Gasteiger partial charge on any atom is -0.333 e. The zero-order valence-electron chi connectivity index (χ0n) is 15.2. The molecule has 27 heavy (non-hydrogen) atoms. The number of nitrogens with one attached hydrogen (secondary N) is 1. The van der Waals surface area contributed by atoms with E-state index < -0.39 is 0 Å². The lowest BCUT2D eigenvalue weighted by Crippen LogP contribution is -2.42. The second-order valence-corrected chi connectivity index (χ2v) is 7.43. The molecule has 8 heteroatoms. The Hall–Kier alpha value is -2.58.